The van der Waals surface area contributed by atoms with E-state index in [1.54, 1.807) is 0 Å². The Hall–Kier alpha value is -1.55. The quantitative estimate of drug-likeness (QED) is 0.173. The van der Waals surface area contributed by atoms with Gasteiger partial charge in [-0.15, -0.1) is 24.0 Å². The first-order chi connectivity index (χ1) is 14.6. The van der Waals surface area contributed by atoms with E-state index in [2.05, 4.69) is 41.1 Å². The Morgan fingerprint density at radius 3 is 2.81 bits per heavy atom. The lowest BCUT2D eigenvalue weighted by molar-refractivity contribution is -0.121. The van der Waals surface area contributed by atoms with Gasteiger partial charge < -0.3 is 25.4 Å². The van der Waals surface area contributed by atoms with Crippen molar-refractivity contribution in [1.82, 2.24) is 16.0 Å². The molecule has 0 radical (unpaired) electrons. The number of benzene rings is 1. The highest BCUT2D eigenvalue weighted by Crippen LogP contribution is 2.23. The first-order valence-electron chi connectivity index (χ1n) is 11.3. The minimum Gasteiger partial charge on any atom is -0.493 e. The molecule has 1 aromatic rings. The molecule has 3 N–H and O–H groups in total. The van der Waals surface area contributed by atoms with E-state index in [-0.39, 0.29) is 29.9 Å². The van der Waals surface area contributed by atoms with Gasteiger partial charge in [0.2, 0.25) is 5.91 Å². The summed E-state index contributed by atoms with van der Waals surface area (Å²) in [5.74, 6) is 2.28. The van der Waals surface area contributed by atoms with E-state index in [0.717, 1.165) is 62.7 Å². The first-order valence-corrected chi connectivity index (χ1v) is 11.3. The molecule has 1 saturated heterocycles. The monoisotopic (exact) mass is 544 g/mol. The Morgan fingerprint density at radius 1 is 1.26 bits per heavy atom. The third-order valence-corrected chi connectivity index (χ3v) is 5.29. The van der Waals surface area contributed by atoms with Crippen molar-refractivity contribution in [3.05, 3.63) is 29.3 Å². The SMILES string of the molecule is CCNC(=NCc1ccc(C)cc1OCC1CCOC1)NCCCC(=O)NC1CC1.I. The molecule has 1 aliphatic heterocycles. The van der Waals surface area contributed by atoms with Gasteiger partial charge in [-0.1, -0.05) is 12.1 Å². The number of hydrogen-bond donors (Lipinski definition) is 3. The van der Waals surface area contributed by atoms with Gasteiger partial charge >= 0.3 is 0 Å². The molecule has 1 heterocycles. The Kier molecular flexibility index (Phi) is 11.4. The second-order valence-corrected chi connectivity index (χ2v) is 8.22. The van der Waals surface area contributed by atoms with Gasteiger partial charge in [0.15, 0.2) is 5.96 Å². The average Bonchev–Trinajstić information content (AvgIpc) is 3.38. The number of ether oxygens (including phenoxy) is 2. The van der Waals surface area contributed by atoms with Crippen LogP contribution in [0.15, 0.2) is 23.2 Å². The van der Waals surface area contributed by atoms with Crippen LogP contribution in [0.3, 0.4) is 0 Å². The van der Waals surface area contributed by atoms with Crippen LogP contribution in [0.5, 0.6) is 5.75 Å². The van der Waals surface area contributed by atoms with Crippen LogP contribution in [-0.2, 0) is 16.1 Å². The van der Waals surface area contributed by atoms with Crippen LogP contribution in [0.25, 0.3) is 0 Å². The summed E-state index contributed by atoms with van der Waals surface area (Å²) in [5, 5.41) is 9.62. The molecule has 0 aromatic heterocycles. The normalized spacial score (nSPS) is 18.3. The van der Waals surface area contributed by atoms with E-state index in [1.165, 1.54) is 5.56 Å². The zero-order valence-corrected chi connectivity index (χ0v) is 21.1. The van der Waals surface area contributed by atoms with Crippen LogP contribution in [0.1, 0.15) is 50.2 Å². The average molecular weight is 544 g/mol. The van der Waals surface area contributed by atoms with Crippen molar-refractivity contribution in [2.75, 3.05) is 32.9 Å². The summed E-state index contributed by atoms with van der Waals surface area (Å²) < 4.78 is 11.6. The number of halogens is 1. The molecule has 1 saturated carbocycles. The van der Waals surface area contributed by atoms with Gasteiger partial charge in [0, 0.05) is 43.6 Å². The molecule has 31 heavy (non-hydrogen) atoms. The Labute approximate surface area is 203 Å². The van der Waals surface area contributed by atoms with Crippen molar-refractivity contribution in [1.29, 1.82) is 0 Å². The molecule has 1 unspecified atom stereocenters. The Balaban J connectivity index is 0.00000341. The van der Waals surface area contributed by atoms with E-state index in [4.69, 9.17) is 14.5 Å². The van der Waals surface area contributed by atoms with Gasteiger partial charge in [0.05, 0.1) is 19.8 Å². The van der Waals surface area contributed by atoms with Crippen molar-refractivity contribution in [3.8, 4) is 5.75 Å². The fourth-order valence-corrected chi connectivity index (χ4v) is 3.34. The van der Waals surface area contributed by atoms with Gasteiger partial charge in [-0.25, -0.2) is 4.99 Å². The fourth-order valence-electron chi connectivity index (χ4n) is 3.34. The highest BCUT2D eigenvalue weighted by molar-refractivity contribution is 14.0. The number of nitrogens with one attached hydrogen (secondary N) is 3. The summed E-state index contributed by atoms with van der Waals surface area (Å²) in [6.07, 6.45) is 4.64. The van der Waals surface area contributed by atoms with Crippen molar-refractivity contribution in [3.63, 3.8) is 0 Å². The molecule has 1 atom stereocenters. The van der Waals surface area contributed by atoms with Gasteiger partial charge in [-0.05, 0) is 51.2 Å². The van der Waals surface area contributed by atoms with Crippen LogP contribution in [-0.4, -0.2) is 50.8 Å². The maximum atomic E-state index is 11.8. The molecule has 0 spiro atoms. The predicted molar refractivity (Wildman–Crippen MR) is 134 cm³/mol. The molecule has 174 valence electrons. The maximum Gasteiger partial charge on any atom is 0.220 e. The van der Waals surface area contributed by atoms with Gasteiger partial charge in [0.25, 0.3) is 0 Å². The van der Waals surface area contributed by atoms with Gasteiger partial charge in [0.1, 0.15) is 5.75 Å². The number of aliphatic imine (C=N–C) groups is 1. The molecule has 2 aliphatic rings. The molecule has 3 rings (SSSR count). The van der Waals surface area contributed by atoms with Crippen molar-refractivity contribution in [2.24, 2.45) is 10.9 Å². The first kappa shape index (κ1) is 25.7. The van der Waals surface area contributed by atoms with Crippen LogP contribution in [0, 0.1) is 12.8 Å². The summed E-state index contributed by atoms with van der Waals surface area (Å²) >= 11 is 0. The Bertz CT molecular complexity index is 719. The number of amides is 1. The lowest BCUT2D eigenvalue weighted by atomic mass is 10.1. The van der Waals surface area contributed by atoms with Gasteiger partial charge in [-0.3, -0.25) is 4.79 Å². The molecular formula is C23H37IN4O3. The topological polar surface area (TPSA) is 84.0 Å². The lowest BCUT2D eigenvalue weighted by Gasteiger charge is -2.15. The highest BCUT2D eigenvalue weighted by atomic mass is 127. The summed E-state index contributed by atoms with van der Waals surface area (Å²) in [5.41, 5.74) is 2.25. The zero-order chi connectivity index (χ0) is 21.2. The molecule has 1 aromatic carbocycles. The minimum atomic E-state index is 0. The molecule has 8 heteroatoms. The highest BCUT2D eigenvalue weighted by Gasteiger charge is 2.22. The van der Waals surface area contributed by atoms with Crippen molar-refractivity contribution >= 4 is 35.8 Å². The fraction of sp³-hybridized carbons (Fsp3) is 0.652. The summed E-state index contributed by atoms with van der Waals surface area (Å²) in [4.78, 5) is 16.5. The van der Waals surface area contributed by atoms with Crippen LogP contribution in [0.4, 0.5) is 0 Å². The van der Waals surface area contributed by atoms with E-state index < -0.39 is 0 Å². The standard InChI is InChI=1S/C23H36N4O3.HI/c1-3-24-23(25-11-4-5-22(28)27-20-8-9-20)26-14-19-7-6-17(2)13-21(19)30-16-18-10-12-29-15-18;/h6-7,13,18,20H,3-5,8-12,14-16H2,1-2H3,(H,27,28)(H2,24,25,26);1H. The Morgan fingerprint density at radius 2 is 2.10 bits per heavy atom. The number of carbonyl (C=O) groups excluding carboxylic acids is 1. The van der Waals surface area contributed by atoms with Crippen LogP contribution in [0.2, 0.25) is 0 Å². The number of aryl methyl sites for hydroxylation is 1. The molecule has 7 nitrogen and oxygen atoms in total. The molecule has 0 bridgehead atoms. The predicted octanol–water partition coefficient (Wildman–Crippen LogP) is 3.14. The third-order valence-electron chi connectivity index (χ3n) is 5.29. The number of carbonyl (C=O) groups is 1. The molecular weight excluding hydrogens is 507 g/mol. The second-order valence-electron chi connectivity index (χ2n) is 8.22. The second kappa shape index (κ2) is 13.8. The van der Waals surface area contributed by atoms with E-state index >= 15 is 0 Å². The smallest absolute Gasteiger partial charge is 0.220 e. The summed E-state index contributed by atoms with van der Waals surface area (Å²) in [6, 6.07) is 6.69. The molecule has 1 amide bonds. The van der Waals surface area contributed by atoms with Crippen molar-refractivity contribution in [2.45, 2.75) is 58.5 Å². The lowest BCUT2D eigenvalue weighted by Crippen LogP contribution is -2.38. The molecule has 1 aliphatic carbocycles. The van der Waals surface area contributed by atoms with Crippen LogP contribution < -0.4 is 20.7 Å². The number of guanidine groups is 1. The minimum absolute atomic E-state index is 0. The van der Waals surface area contributed by atoms with E-state index in [0.29, 0.717) is 38.1 Å². The summed E-state index contributed by atoms with van der Waals surface area (Å²) in [6.45, 7) is 8.45. The largest absolute Gasteiger partial charge is 0.493 e. The number of rotatable bonds is 11. The number of nitrogens with zero attached hydrogens (tertiary/aromatic N) is 1. The molecule has 2 fully saturated rings. The van der Waals surface area contributed by atoms with Crippen LogP contribution >= 0.6 is 24.0 Å². The zero-order valence-electron chi connectivity index (χ0n) is 18.7. The van der Waals surface area contributed by atoms with E-state index in [1.807, 2.05) is 6.92 Å². The van der Waals surface area contributed by atoms with E-state index in [9.17, 15) is 4.79 Å². The third kappa shape index (κ3) is 9.64. The maximum absolute atomic E-state index is 11.8. The van der Waals surface area contributed by atoms with Crippen molar-refractivity contribution < 1.29 is 14.3 Å². The van der Waals surface area contributed by atoms with Gasteiger partial charge in [-0.2, -0.15) is 0 Å². The summed E-state index contributed by atoms with van der Waals surface area (Å²) in [7, 11) is 0. The number of hydrogen-bond acceptors (Lipinski definition) is 4.